The Labute approximate surface area is 110 Å². The lowest BCUT2D eigenvalue weighted by atomic mass is 10.1. The number of rotatable bonds is 5. The maximum atomic E-state index is 4.39. The van der Waals surface area contributed by atoms with Crippen molar-refractivity contribution in [3.05, 3.63) is 11.9 Å². The summed E-state index contributed by atoms with van der Waals surface area (Å²) in [5, 5.41) is 6.67. The molecule has 0 saturated heterocycles. The van der Waals surface area contributed by atoms with Crippen LogP contribution in [0, 0.1) is 6.92 Å². The van der Waals surface area contributed by atoms with E-state index in [4.69, 9.17) is 0 Å². The van der Waals surface area contributed by atoms with Crippen molar-refractivity contribution in [3.8, 4) is 0 Å². The summed E-state index contributed by atoms with van der Waals surface area (Å²) in [6, 6.07) is 1.95. The van der Waals surface area contributed by atoms with Gasteiger partial charge in [-0.15, -0.1) is 0 Å². The van der Waals surface area contributed by atoms with E-state index in [0.717, 1.165) is 30.5 Å². The van der Waals surface area contributed by atoms with E-state index >= 15 is 0 Å². The molecule has 1 rings (SSSR count). The molecule has 0 bridgehead atoms. The maximum Gasteiger partial charge on any atom is 0.132 e. The largest absolute Gasteiger partial charge is 0.369 e. The molecule has 1 aromatic rings. The topological polar surface area (TPSA) is 53.1 Å². The molecule has 1 heterocycles. The van der Waals surface area contributed by atoms with Crippen LogP contribution in [-0.2, 0) is 0 Å². The maximum absolute atomic E-state index is 4.39. The lowest BCUT2D eigenvalue weighted by Gasteiger charge is -2.22. The first-order chi connectivity index (χ1) is 8.26. The number of aromatic nitrogens is 2. The van der Waals surface area contributed by atoms with Crippen LogP contribution in [0.3, 0.4) is 0 Å². The van der Waals surface area contributed by atoms with Crippen LogP contribution < -0.4 is 10.6 Å². The van der Waals surface area contributed by atoms with E-state index in [1.807, 2.05) is 13.0 Å². The summed E-state index contributed by atoms with van der Waals surface area (Å²) in [7, 11) is 4.11. The third-order valence-electron chi connectivity index (χ3n) is 2.21. The average Bonchev–Trinajstić information content (AvgIpc) is 2.12. The number of nitrogens with one attached hydrogen (secondary N) is 2. The summed E-state index contributed by atoms with van der Waals surface area (Å²) in [6.07, 6.45) is 0. The zero-order chi connectivity index (χ0) is 13.8. The van der Waals surface area contributed by atoms with Gasteiger partial charge < -0.3 is 15.5 Å². The molecule has 0 atom stereocenters. The van der Waals surface area contributed by atoms with Crippen LogP contribution in [0.4, 0.5) is 11.6 Å². The van der Waals surface area contributed by atoms with Crippen LogP contribution in [0.2, 0.25) is 0 Å². The second-order valence-corrected chi connectivity index (χ2v) is 5.79. The van der Waals surface area contributed by atoms with E-state index in [-0.39, 0.29) is 5.54 Å². The van der Waals surface area contributed by atoms with Gasteiger partial charge in [-0.25, -0.2) is 9.97 Å². The molecule has 0 saturated carbocycles. The van der Waals surface area contributed by atoms with Gasteiger partial charge in [-0.05, 0) is 41.8 Å². The molecule has 0 amide bonds. The van der Waals surface area contributed by atoms with Gasteiger partial charge in [0.25, 0.3) is 0 Å². The van der Waals surface area contributed by atoms with E-state index in [0.29, 0.717) is 0 Å². The summed E-state index contributed by atoms with van der Waals surface area (Å²) < 4.78 is 0. The fourth-order valence-corrected chi connectivity index (χ4v) is 1.51. The Morgan fingerprint density at radius 3 is 2.33 bits per heavy atom. The Morgan fingerprint density at radius 2 is 1.78 bits per heavy atom. The predicted molar refractivity (Wildman–Crippen MR) is 77.2 cm³/mol. The molecule has 2 N–H and O–H groups in total. The zero-order valence-electron chi connectivity index (χ0n) is 12.3. The average molecular weight is 251 g/mol. The predicted octanol–water partition coefficient (Wildman–Crippen LogP) is 1.97. The van der Waals surface area contributed by atoms with Gasteiger partial charge in [-0.3, -0.25) is 0 Å². The van der Waals surface area contributed by atoms with Crippen LogP contribution in [0.5, 0.6) is 0 Å². The Bertz CT molecular complexity index is 381. The van der Waals surface area contributed by atoms with Crippen molar-refractivity contribution < 1.29 is 0 Å². The molecule has 0 spiro atoms. The van der Waals surface area contributed by atoms with Gasteiger partial charge in [-0.2, -0.15) is 0 Å². The number of aryl methyl sites for hydroxylation is 1. The quantitative estimate of drug-likeness (QED) is 0.838. The molecule has 5 heteroatoms. The van der Waals surface area contributed by atoms with Crippen molar-refractivity contribution in [2.24, 2.45) is 0 Å². The summed E-state index contributed by atoms with van der Waals surface area (Å²) >= 11 is 0. The summed E-state index contributed by atoms with van der Waals surface area (Å²) in [5.41, 5.74) is 0.00169. The monoisotopic (exact) mass is 251 g/mol. The van der Waals surface area contributed by atoms with Gasteiger partial charge in [0.05, 0.1) is 0 Å². The highest BCUT2D eigenvalue weighted by Crippen LogP contribution is 2.15. The minimum Gasteiger partial charge on any atom is -0.369 e. The Balaban J connectivity index is 2.69. The number of likely N-dealkylation sites (N-methyl/N-ethyl adjacent to an activating group) is 1. The number of hydrogen-bond donors (Lipinski definition) is 2. The summed E-state index contributed by atoms with van der Waals surface area (Å²) in [4.78, 5) is 10.9. The Hall–Kier alpha value is -1.36. The Kier molecular flexibility index (Phi) is 4.90. The minimum atomic E-state index is 0.00169. The van der Waals surface area contributed by atoms with Crippen LogP contribution in [0.15, 0.2) is 6.07 Å². The Morgan fingerprint density at radius 1 is 1.17 bits per heavy atom. The number of anilines is 2. The third-order valence-corrected chi connectivity index (χ3v) is 2.21. The third kappa shape index (κ3) is 5.82. The van der Waals surface area contributed by atoms with Gasteiger partial charge in [0, 0.05) is 24.7 Å². The molecular weight excluding hydrogens is 226 g/mol. The van der Waals surface area contributed by atoms with E-state index in [9.17, 15) is 0 Å². The molecule has 0 aliphatic heterocycles. The molecule has 0 aromatic carbocycles. The van der Waals surface area contributed by atoms with Crippen molar-refractivity contribution in [2.45, 2.75) is 33.2 Å². The van der Waals surface area contributed by atoms with Crippen molar-refractivity contribution in [3.63, 3.8) is 0 Å². The number of hydrogen-bond acceptors (Lipinski definition) is 5. The highest BCUT2D eigenvalue weighted by molar-refractivity contribution is 5.48. The standard InChI is InChI=1S/C13H25N5/c1-10-15-11(14-7-8-18(5)6)9-12(16-10)17-13(2,3)4/h9H,7-8H2,1-6H3,(H2,14,15,16,17). The second-order valence-electron chi connectivity index (χ2n) is 5.79. The van der Waals surface area contributed by atoms with Gasteiger partial charge in [0.1, 0.15) is 17.5 Å². The summed E-state index contributed by atoms with van der Waals surface area (Å²) in [5.74, 6) is 2.51. The highest BCUT2D eigenvalue weighted by atomic mass is 15.1. The molecule has 0 unspecified atom stereocenters. The van der Waals surface area contributed by atoms with Crippen molar-refractivity contribution in [1.29, 1.82) is 0 Å². The minimum absolute atomic E-state index is 0.00169. The smallest absolute Gasteiger partial charge is 0.132 e. The molecule has 18 heavy (non-hydrogen) atoms. The van der Waals surface area contributed by atoms with Gasteiger partial charge in [0.2, 0.25) is 0 Å². The van der Waals surface area contributed by atoms with E-state index in [2.05, 4.69) is 60.4 Å². The van der Waals surface area contributed by atoms with Crippen LogP contribution in [0.25, 0.3) is 0 Å². The van der Waals surface area contributed by atoms with Crippen LogP contribution in [0.1, 0.15) is 26.6 Å². The summed E-state index contributed by atoms with van der Waals surface area (Å²) in [6.45, 7) is 10.1. The zero-order valence-corrected chi connectivity index (χ0v) is 12.3. The van der Waals surface area contributed by atoms with Gasteiger partial charge in [-0.1, -0.05) is 0 Å². The molecule has 1 aromatic heterocycles. The molecule has 5 nitrogen and oxygen atoms in total. The van der Waals surface area contributed by atoms with E-state index in [1.165, 1.54) is 0 Å². The molecule has 0 fully saturated rings. The fourth-order valence-electron chi connectivity index (χ4n) is 1.51. The van der Waals surface area contributed by atoms with Gasteiger partial charge >= 0.3 is 0 Å². The van der Waals surface area contributed by atoms with Crippen molar-refractivity contribution in [2.75, 3.05) is 37.8 Å². The molecular formula is C13H25N5. The molecule has 0 aliphatic rings. The lowest BCUT2D eigenvalue weighted by molar-refractivity contribution is 0.425. The molecule has 0 radical (unpaired) electrons. The van der Waals surface area contributed by atoms with Crippen molar-refractivity contribution >= 4 is 11.6 Å². The molecule has 0 aliphatic carbocycles. The SMILES string of the molecule is Cc1nc(NCCN(C)C)cc(NC(C)(C)C)n1. The highest BCUT2D eigenvalue weighted by Gasteiger charge is 2.11. The first-order valence-corrected chi connectivity index (χ1v) is 6.29. The first kappa shape index (κ1) is 14.7. The molecule has 102 valence electrons. The fraction of sp³-hybridized carbons (Fsp3) is 0.692. The van der Waals surface area contributed by atoms with Crippen molar-refractivity contribution in [1.82, 2.24) is 14.9 Å². The van der Waals surface area contributed by atoms with E-state index < -0.39 is 0 Å². The van der Waals surface area contributed by atoms with E-state index in [1.54, 1.807) is 0 Å². The number of nitrogens with zero attached hydrogens (tertiary/aromatic N) is 3. The lowest BCUT2D eigenvalue weighted by Crippen LogP contribution is -2.27. The van der Waals surface area contributed by atoms with Gasteiger partial charge in [0.15, 0.2) is 0 Å². The first-order valence-electron chi connectivity index (χ1n) is 6.29. The second kappa shape index (κ2) is 6.00. The normalized spacial score (nSPS) is 11.7. The van der Waals surface area contributed by atoms with Crippen LogP contribution >= 0.6 is 0 Å². The van der Waals surface area contributed by atoms with Crippen LogP contribution in [-0.4, -0.2) is 47.6 Å².